The molecule has 1 unspecified atom stereocenters. The number of allylic oxidation sites excluding steroid dienone is 12. The van der Waals surface area contributed by atoms with Gasteiger partial charge in [0.15, 0.2) is 6.10 Å². The average molecular weight is 964 g/mol. The SMILES string of the molecule is CC/C=C\C/C=C\C/C=C\CCCCCC(=O)OCC(COC(=O)CCCCCCCCCCC/C=C\CCCCCCCCCC)OC(=O)CCCCCCCCC/C=C\C/C=C\CCCCC. The van der Waals surface area contributed by atoms with Crippen molar-refractivity contribution in [2.75, 3.05) is 13.2 Å². The van der Waals surface area contributed by atoms with E-state index in [1.165, 1.54) is 154 Å². The van der Waals surface area contributed by atoms with E-state index < -0.39 is 6.10 Å². The molecule has 0 N–H and O–H groups in total. The maximum absolute atomic E-state index is 12.9. The lowest BCUT2D eigenvalue weighted by Crippen LogP contribution is -2.30. The van der Waals surface area contributed by atoms with E-state index in [0.717, 1.165) is 96.3 Å². The first-order chi connectivity index (χ1) is 34.0. The highest BCUT2D eigenvalue weighted by Crippen LogP contribution is 2.15. The summed E-state index contributed by atoms with van der Waals surface area (Å²) in [5.41, 5.74) is 0. The van der Waals surface area contributed by atoms with Crippen LogP contribution in [-0.4, -0.2) is 37.2 Å². The minimum Gasteiger partial charge on any atom is -0.462 e. The predicted molar refractivity (Wildman–Crippen MR) is 298 cm³/mol. The number of rotatable bonds is 53. The van der Waals surface area contributed by atoms with Crippen molar-refractivity contribution in [3.8, 4) is 0 Å². The smallest absolute Gasteiger partial charge is 0.306 e. The third-order valence-electron chi connectivity index (χ3n) is 12.7. The molecule has 0 saturated carbocycles. The van der Waals surface area contributed by atoms with Gasteiger partial charge < -0.3 is 14.2 Å². The molecule has 1 atom stereocenters. The number of esters is 3. The number of ether oxygens (including phenoxy) is 3. The highest BCUT2D eigenvalue weighted by atomic mass is 16.6. The molecule has 0 radical (unpaired) electrons. The van der Waals surface area contributed by atoms with Crippen LogP contribution in [0.2, 0.25) is 0 Å². The van der Waals surface area contributed by atoms with Crippen molar-refractivity contribution in [2.24, 2.45) is 0 Å². The van der Waals surface area contributed by atoms with Gasteiger partial charge in [0.2, 0.25) is 0 Å². The second-order valence-corrected chi connectivity index (χ2v) is 19.5. The van der Waals surface area contributed by atoms with Crippen molar-refractivity contribution in [3.63, 3.8) is 0 Å². The van der Waals surface area contributed by atoms with E-state index in [0.29, 0.717) is 19.3 Å². The summed E-state index contributed by atoms with van der Waals surface area (Å²) in [5, 5.41) is 0. The molecule has 0 spiro atoms. The van der Waals surface area contributed by atoms with Crippen LogP contribution in [0.1, 0.15) is 290 Å². The molecule has 0 aliphatic heterocycles. The van der Waals surface area contributed by atoms with E-state index in [-0.39, 0.29) is 31.1 Å². The van der Waals surface area contributed by atoms with Crippen LogP contribution in [0.15, 0.2) is 72.9 Å². The van der Waals surface area contributed by atoms with Crippen LogP contribution in [0, 0.1) is 0 Å². The van der Waals surface area contributed by atoms with Gasteiger partial charge in [0.1, 0.15) is 13.2 Å². The molecule has 0 amide bonds. The Labute approximate surface area is 427 Å². The van der Waals surface area contributed by atoms with Crippen LogP contribution >= 0.6 is 0 Å². The maximum Gasteiger partial charge on any atom is 0.306 e. The first-order valence-electron chi connectivity index (χ1n) is 29.4. The molecule has 0 aromatic rings. The van der Waals surface area contributed by atoms with E-state index in [1.807, 2.05) is 0 Å². The summed E-state index contributed by atoms with van der Waals surface area (Å²) in [6, 6.07) is 0. The monoisotopic (exact) mass is 963 g/mol. The number of carbonyl (C=O) groups is 3. The molecule has 0 saturated heterocycles. The molecule has 0 heterocycles. The Kier molecular flexibility index (Phi) is 54.8. The van der Waals surface area contributed by atoms with Gasteiger partial charge in [-0.2, -0.15) is 0 Å². The van der Waals surface area contributed by atoms with E-state index in [1.54, 1.807) is 0 Å². The fourth-order valence-corrected chi connectivity index (χ4v) is 8.25. The highest BCUT2D eigenvalue weighted by molar-refractivity contribution is 5.71. The Balaban J connectivity index is 4.37. The van der Waals surface area contributed by atoms with Gasteiger partial charge in [-0.3, -0.25) is 14.4 Å². The fourth-order valence-electron chi connectivity index (χ4n) is 8.25. The van der Waals surface area contributed by atoms with Gasteiger partial charge in [-0.05, 0) is 109 Å². The van der Waals surface area contributed by atoms with Gasteiger partial charge in [-0.15, -0.1) is 0 Å². The molecular formula is C63H110O6. The third kappa shape index (κ3) is 55.6. The second kappa shape index (κ2) is 57.4. The zero-order valence-corrected chi connectivity index (χ0v) is 45.6. The maximum atomic E-state index is 12.9. The van der Waals surface area contributed by atoms with Crippen LogP contribution in [0.25, 0.3) is 0 Å². The molecular weight excluding hydrogens is 853 g/mol. The van der Waals surface area contributed by atoms with Crippen molar-refractivity contribution in [1.29, 1.82) is 0 Å². The molecule has 0 aliphatic rings. The van der Waals surface area contributed by atoms with Crippen LogP contribution in [0.5, 0.6) is 0 Å². The van der Waals surface area contributed by atoms with Crippen molar-refractivity contribution >= 4 is 17.9 Å². The lowest BCUT2D eigenvalue weighted by atomic mass is 10.1. The Bertz CT molecular complexity index is 1290. The van der Waals surface area contributed by atoms with Crippen LogP contribution < -0.4 is 0 Å². The van der Waals surface area contributed by atoms with Gasteiger partial charge in [0, 0.05) is 19.3 Å². The van der Waals surface area contributed by atoms with Crippen molar-refractivity contribution in [3.05, 3.63) is 72.9 Å². The lowest BCUT2D eigenvalue weighted by molar-refractivity contribution is -0.167. The largest absolute Gasteiger partial charge is 0.462 e. The van der Waals surface area contributed by atoms with Crippen LogP contribution in [0.3, 0.4) is 0 Å². The summed E-state index contributed by atoms with van der Waals surface area (Å²) in [6.07, 6.45) is 73.3. The second-order valence-electron chi connectivity index (χ2n) is 19.5. The van der Waals surface area contributed by atoms with Crippen LogP contribution in [-0.2, 0) is 28.6 Å². The summed E-state index contributed by atoms with van der Waals surface area (Å²) in [4.78, 5) is 38.2. The molecule has 0 rings (SSSR count). The highest BCUT2D eigenvalue weighted by Gasteiger charge is 2.19. The first kappa shape index (κ1) is 65.8. The Morgan fingerprint density at radius 1 is 0.304 bits per heavy atom. The summed E-state index contributed by atoms with van der Waals surface area (Å²) in [7, 11) is 0. The van der Waals surface area contributed by atoms with Gasteiger partial charge in [-0.25, -0.2) is 0 Å². The van der Waals surface area contributed by atoms with E-state index in [2.05, 4.69) is 93.7 Å². The molecule has 0 bridgehead atoms. The average Bonchev–Trinajstić information content (AvgIpc) is 3.35. The zero-order valence-electron chi connectivity index (χ0n) is 45.6. The molecule has 0 fully saturated rings. The summed E-state index contributed by atoms with van der Waals surface area (Å²) in [5.74, 6) is -0.921. The quantitative estimate of drug-likeness (QED) is 0.0262. The molecule has 398 valence electrons. The van der Waals surface area contributed by atoms with Crippen LogP contribution in [0.4, 0.5) is 0 Å². The molecule has 6 heteroatoms. The summed E-state index contributed by atoms with van der Waals surface area (Å²) >= 11 is 0. The Hall–Kier alpha value is -3.15. The molecule has 0 aromatic carbocycles. The van der Waals surface area contributed by atoms with Gasteiger partial charge in [-0.1, -0.05) is 235 Å². The zero-order chi connectivity index (χ0) is 50.0. The number of hydrogen-bond donors (Lipinski definition) is 0. The minimum atomic E-state index is -0.793. The lowest BCUT2D eigenvalue weighted by Gasteiger charge is -2.18. The number of hydrogen-bond acceptors (Lipinski definition) is 6. The minimum absolute atomic E-state index is 0.0885. The van der Waals surface area contributed by atoms with E-state index in [9.17, 15) is 14.4 Å². The first-order valence-corrected chi connectivity index (χ1v) is 29.4. The van der Waals surface area contributed by atoms with Crippen molar-refractivity contribution in [2.45, 2.75) is 297 Å². The fraction of sp³-hybridized carbons (Fsp3) is 0.762. The normalized spacial score (nSPS) is 12.6. The van der Waals surface area contributed by atoms with E-state index in [4.69, 9.17) is 14.2 Å². The topological polar surface area (TPSA) is 78.9 Å². The number of carbonyl (C=O) groups excluding carboxylic acids is 3. The van der Waals surface area contributed by atoms with Gasteiger partial charge in [0.05, 0.1) is 0 Å². The molecule has 69 heavy (non-hydrogen) atoms. The number of unbranched alkanes of at least 4 members (excludes halogenated alkanes) is 30. The standard InChI is InChI=1S/C63H110O6/c1-4-7-10-13-16-19-22-25-27-29-30-31-32-34-35-38-41-44-47-50-53-56-62(65)68-59-60(58-67-61(64)55-52-49-46-43-40-37-24-21-18-15-12-9-6-3)69-63(66)57-54-51-48-45-42-39-36-33-28-26-23-20-17-14-11-8-5-2/h9,12,17-18,20-21,26,28-30,37,40,60H,4-8,10-11,13-16,19,22-25,27,31-36,38-39,41-59H2,1-3H3/b12-9-,20-17-,21-18-,28-26-,30-29-,40-37-. The summed E-state index contributed by atoms with van der Waals surface area (Å²) < 4.78 is 16.8. The van der Waals surface area contributed by atoms with Gasteiger partial charge >= 0.3 is 17.9 Å². The third-order valence-corrected chi connectivity index (χ3v) is 12.7. The summed E-state index contributed by atoms with van der Waals surface area (Å²) in [6.45, 7) is 6.49. The molecule has 0 aliphatic carbocycles. The molecule has 6 nitrogen and oxygen atoms in total. The Morgan fingerprint density at radius 3 is 0.942 bits per heavy atom. The Morgan fingerprint density at radius 2 is 0.565 bits per heavy atom. The van der Waals surface area contributed by atoms with Gasteiger partial charge in [0.25, 0.3) is 0 Å². The van der Waals surface area contributed by atoms with Crippen molar-refractivity contribution < 1.29 is 28.6 Å². The van der Waals surface area contributed by atoms with Crippen molar-refractivity contribution in [1.82, 2.24) is 0 Å². The predicted octanol–water partition coefficient (Wildman–Crippen LogP) is 19.8. The molecule has 0 aromatic heterocycles. The van der Waals surface area contributed by atoms with E-state index >= 15 is 0 Å².